The first-order valence-electron chi connectivity index (χ1n) is 9.16. The summed E-state index contributed by atoms with van der Waals surface area (Å²) in [6.07, 6.45) is 0. The second kappa shape index (κ2) is 7.90. The number of benzene rings is 2. The molecule has 144 valence electrons. The van der Waals surface area contributed by atoms with E-state index in [1.165, 1.54) is 17.2 Å². The van der Waals surface area contributed by atoms with Crippen LogP contribution in [0.2, 0.25) is 0 Å². The lowest BCUT2D eigenvalue weighted by molar-refractivity contribution is 0.0752. The van der Waals surface area contributed by atoms with Crippen LogP contribution in [0, 0.1) is 0 Å². The molecule has 0 aliphatic carbocycles. The topological polar surface area (TPSA) is 71.7 Å². The van der Waals surface area contributed by atoms with Crippen molar-refractivity contribution in [3.05, 3.63) is 59.5 Å². The molecule has 28 heavy (non-hydrogen) atoms. The summed E-state index contributed by atoms with van der Waals surface area (Å²) in [4.78, 5) is 17.7. The Morgan fingerprint density at radius 3 is 2.36 bits per heavy atom. The van der Waals surface area contributed by atoms with Crippen molar-refractivity contribution in [3.8, 4) is 17.0 Å². The number of amides is 1. The third-order valence-electron chi connectivity index (χ3n) is 4.97. The van der Waals surface area contributed by atoms with Crippen LogP contribution in [0.25, 0.3) is 11.3 Å². The second-order valence-corrected chi connectivity index (χ2v) is 7.39. The van der Waals surface area contributed by atoms with Crippen molar-refractivity contribution in [1.29, 1.82) is 0 Å². The summed E-state index contributed by atoms with van der Waals surface area (Å²) in [5.74, 6) is 0.729. The van der Waals surface area contributed by atoms with Gasteiger partial charge in [0.15, 0.2) is 0 Å². The SMILES string of the molecule is COc1ccc(-c2nsc(C(=O)N3CCN(c4ccccc4)CC3)c2N)cc1. The number of methoxy groups -OCH3 is 1. The van der Waals surface area contributed by atoms with Crippen LogP contribution < -0.4 is 15.4 Å². The number of carbonyl (C=O) groups excluding carboxylic acids is 1. The Labute approximate surface area is 168 Å². The van der Waals surface area contributed by atoms with Gasteiger partial charge in [-0.25, -0.2) is 0 Å². The molecule has 1 amide bonds. The molecule has 0 bridgehead atoms. The average molecular weight is 395 g/mol. The Morgan fingerprint density at radius 2 is 1.71 bits per heavy atom. The molecule has 3 aromatic rings. The van der Waals surface area contributed by atoms with Crippen molar-refractivity contribution in [2.45, 2.75) is 0 Å². The first-order chi connectivity index (χ1) is 13.7. The summed E-state index contributed by atoms with van der Waals surface area (Å²) in [6, 6.07) is 17.8. The number of nitrogens with two attached hydrogens (primary N) is 1. The van der Waals surface area contributed by atoms with E-state index in [4.69, 9.17) is 10.5 Å². The van der Waals surface area contributed by atoms with Crippen molar-refractivity contribution in [1.82, 2.24) is 9.27 Å². The average Bonchev–Trinajstić information content (AvgIpc) is 3.15. The van der Waals surface area contributed by atoms with Crippen LogP contribution in [0.4, 0.5) is 11.4 Å². The van der Waals surface area contributed by atoms with Crippen LogP contribution in [0.1, 0.15) is 9.67 Å². The number of rotatable bonds is 4. The molecule has 2 N–H and O–H groups in total. The predicted octanol–water partition coefficient (Wildman–Crippen LogP) is 3.36. The molecular weight excluding hydrogens is 372 g/mol. The number of para-hydroxylation sites is 1. The standard InChI is InChI=1S/C21H22N4O2S/c1-27-17-9-7-15(8-10-17)19-18(22)20(28-23-19)21(26)25-13-11-24(12-14-25)16-5-3-2-4-6-16/h2-10H,11-14,22H2,1H3. The minimum atomic E-state index is -0.0394. The molecule has 6 nitrogen and oxygen atoms in total. The van der Waals surface area contributed by atoms with Gasteiger partial charge in [-0.05, 0) is 47.9 Å². The number of anilines is 2. The number of nitrogens with zero attached hydrogens (tertiary/aromatic N) is 3. The number of carbonyl (C=O) groups is 1. The Morgan fingerprint density at radius 1 is 1.04 bits per heavy atom. The Balaban J connectivity index is 1.46. The zero-order chi connectivity index (χ0) is 19.5. The fraction of sp³-hybridized carbons (Fsp3) is 0.238. The summed E-state index contributed by atoms with van der Waals surface area (Å²) in [5.41, 5.74) is 9.46. The molecule has 0 saturated carbocycles. The molecule has 7 heteroatoms. The molecule has 2 heterocycles. The lowest BCUT2D eigenvalue weighted by Crippen LogP contribution is -2.48. The maximum atomic E-state index is 13.0. The van der Waals surface area contributed by atoms with Crippen molar-refractivity contribution in [2.24, 2.45) is 0 Å². The van der Waals surface area contributed by atoms with Gasteiger partial charge in [0.1, 0.15) is 16.3 Å². The Hall–Kier alpha value is -3.06. The lowest BCUT2D eigenvalue weighted by Gasteiger charge is -2.36. The van der Waals surface area contributed by atoms with Gasteiger partial charge in [0.05, 0.1) is 12.8 Å². The summed E-state index contributed by atoms with van der Waals surface area (Å²) in [6.45, 7) is 2.95. The van der Waals surface area contributed by atoms with E-state index in [2.05, 4.69) is 21.4 Å². The highest BCUT2D eigenvalue weighted by Gasteiger charge is 2.26. The molecule has 1 saturated heterocycles. The van der Waals surface area contributed by atoms with Crippen molar-refractivity contribution in [3.63, 3.8) is 0 Å². The van der Waals surface area contributed by atoms with E-state index in [0.717, 1.165) is 24.4 Å². The Bertz CT molecular complexity index is 948. The second-order valence-electron chi connectivity index (χ2n) is 6.62. The van der Waals surface area contributed by atoms with Gasteiger partial charge < -0.3 is 20.3 Å². The van der Waals surface area contributed by atoms with Crippen LogP contribution in [0.3, 0.4) is 0 Å². The highest BCUT2D eigenvalue weighted by Crippen LogP contribution is 2.32. The number of piperazine rings is 1. The molecule has 0 unspecified atom stereocenters. The molecule has 1 fully saturated rings. The number of hydrogen-bond donors (Lipinski definition) is 1. The predicted molar refractivity (Wildman–Crippen MR) is 113 cm³/mol. The van der Waals surface area contributed by atoms with Gasteiger partial charge in [0.2, 0.25) is 0 Å². The van der Waals surface area contributed by atoms with Gasteiger partial charge in [-0.2, -0.15) is 4.37 Å². The molecule has 0 atom stereocenters. The van der Waals surface area contributed by atoms with Crippen LogP contribution in [-0.2, 0) is 0 Å². The number of aromatic nitrogens is 1. The third kappa shape index (κ3) is 3.53. The number of hydrogen-bond acceptors (Lipinski definition) is 6. The first-order valence-corrected chi connectivity index (χ1v) is 9.93. The monoisotopic (exact) mass is 394 g/mol. The summed E-state index contributed by atoms with van der Waals surface area (Å²) in [7, 11) is 1.63. The maximum absolute atomic E-state index is 13.0. The van der Waals surface area contributed by atoms with E-state index >= 15 is 0 Å². The first kappa shape index (κ1) is 18.3. The molecule has 2 aromatic carbocycles. The highest BCUT2D eigenvalue weighted by atomic mass is 32.1. The van der Waals surface area contributed by atoms with E-state index in [1.807, 2.05) is 47.4 Å². The smallest absolute Gasteiger partial charge is 0.267 e. The van der Waals surface area contributed by atoms with Crippen LogP contribution in [0.5, 0.6) is 5.75 Å². The van der Waals surface area contributed by atoms with Crippen LogP contribution >= 0.6 is 11.5 Å². The van der Waals surface area contributed by atoms with Gasteiger partial charge in [-0.15, -0.1) is 0 Å². The van der Waals surface area contributed by atoms with Crippen molar-refractivity contribution < 1.29 is 9.53 Å². The molecule has 0 spiro atoms. The number of ether oxygens (including phenoxy) is 1. The van der Waals surface area contributed by atoms with E-state index in [-0.39, 0.29) is 5.91 Å². The molecular formula is C21H22N4O2S. The maximum Gasteiger partial charge on any atom is 0.267 e. The van der Waals surface area contributed by atoms with Crippen LogP contribution in [0.15, 0.2) is 54.6 Å². The van der Waals surface area contributed by atoms with Crippen molar-refractivity contribution in [2.75, 3.05) is 43.9 Å². The summed E-state index contributed by atoms with van der Waals surface area (Å²) >= 11 is 1.17. The van der Waals surface area contributed by atoms with Gasteiger partial charge in [-0.3, -0.25) is 4.79 Å². The molecule has 0 radical (unpaired) electrons. The fourth-order valence-corrected chi connectivity index (χ4v) is 4.15. The van der Waals surface area contributed by atoms with E-state index < -0.39 is 0 Å². The molecule has 1 aliphatic rings. The fourth-order valence-electron chi connectivity index (χ4n) is 3.36. The molecule has 4 rings (SSSR count). The summed E-state index contributed by atoms with van der Waals surface area (Å²) < 4.78 is 9.62. The third-order valence-corrected chi connectivity index (χ3v) is 5.82. The van der Waals surface area contributed by atoms with Gasteiger partial charge in [-0.1, -0.05) is 18.2 Å². The van der Waals surface area contributed by atoms with Gasteiger partial charge in [0.25, 0.3) is 5.91 Å². The zero-order valence-corrected chi connectivity index (χ0v) is 16.5. The minimum Gasteiger partial charge on any atom is -0.497 e. The minimum absolute atomic E-state index is 0.0394. The summed E-state index contributed by atoms with van der Waals surface area (Å²) in [5, 5.41) is 0. The normalized spacial score (nSPS) is 14.2. The largest absolute Gasteiger partial charge is 0.497 e. The van der Waals surface area contributed by atoms with E-state index in [1.54, 1.807) is 7.11 Å². The lowest BCUT2D eigenvalue weighted by atomic mass is 10.1. The zero-order valence-electron chi connectivity index (χ0n) is 15.7. The van der Waals surface area contributed by atoms with E-state index in [9.17, 15) is 4.79 Å². The molecule has 1 aromatic heterocycles. The van der Waals surface area contributed by atoms with Gasteiger partial charge in [0, 0.05) is 37.4 Å². The molecule has 1 aliphatic heterocycles. The van der Waals surface area contributed by atoms with E-state index in [0.29, 0.717) is 29.3 Å². The van der Waals surface area contributed by atoms with Gasteiger partial charge >= 0.3 is 0 Å². The highest BCUT2D eigenvalue weighted by molar-refractivity contribution is 7.09. The van der Waals surface area contributed by atoms with Crippen molar-refractivity contribution >= 4 is 28.8 Å². The quantitative estimate of drug-likeness (QED) is 0.735. The van der Waals surface area contributed by atoms with Crippen LogP contribution in [-0.4, -0.2) is 48.5 Å². The number of nitrogen functional groups attached to an aromatic ring is 1. The Kier molecular flexibility index (Phi) is 5.16.